The third kappa shape index (κ3) is 2.95. The van der Waals surface area contributed by atoms with Crippen molar-refractivity contribution in [1.29, 1.82) is 0 Å². The molecule has 0 fully saturated rings. The summed E-state index contributed by atoms with van der Waals surface area (Å²) in [4.78, 5) is 1.21. The van der Waals surface area contributed by atoms with Crippen molar-refractivity contribution in [1.82, 2.24) is 4.31 Å². The number of hydrogen-bond donors (Lipinski definition) is 0. The van der Waals surface area contributed by atoms with Gasteiger partial charge in [0.1, 0.15) is 4.21 Å². The maximum atomic E-state index is 12.1. The quantitative estimate of drug-likeness (QED) is 0.848. The van der Waals surface area contributed by atoms with Crippen molar-refractivity contribution in [3.63, 3.8) is 0 Å². The third-order valence-corrected chi connectivity index (χ3v) is 6.58. The van der Waals surface area contributed by atoms with Gasteiger partial charge >= 0.3 is 0 Å². The zero-order chi connectivity index (χ0) is 12.3. The van der Waals surface area contributed by atoms with Crippen molar-refractivity contribution < 1.29 is 8.42 Å². The number of sulfonamides is 1. The lowest BCUT2D eigenvalue weighted by atomic mass is 10.3. The van der Waals surface area contributed by atoms with Crippen molar-refractivity contribution in [2.45, 2.75) is 10.6 Å². The average Bonchev–Trinajstić information content (AvgIpc) is 2.98. The van der Waals surface area contributed by atoms with Gasteiger partial charge in [-0.3, -0.25) is 0 Å². The van der Waals surface area contributed by atoms with Gasteiger partial charge < -0.3 is 0 Å². The monoisotopic (exact) mass is 287 g/mol. The fourth-order valence-electron chi connectivity index (χ4n) is 1.41. The Bertz CT molecular complexity index is 544. The van der Waals surface area contributed by atoms with Gasteiger partial charge in [-0.15, -0.1) is 22.7 Å². The summed E-state index contributed by atoms with van der Waals surface area (Å²) in [6.45, 7) is 0.515. The van der Waals surface area contributed by atoms with Gasteiger partial charge in [0.05, 0.1) is 0 Å². The van der Waals surface area contributed by atoms with Gasteiger partial charge in [0.15, 0.2) is 0 Å². The molecule has 0 N–H and O–H groups in total. The van der Waals surface area contributed by atoms with Crippen LogP contribution in [0.3, 0.4) is 0 Å². The van der Waals surface area contributed by atoms with Crippen molar-refractivity contribution >= 4 is 32.7 Å². The molecule has 0 aliphatic rings. The minimum atomic E-state index is -3.29. The van der Waals surface area contributed by atoms with E-state index in [2.05, 4.69) is 0 Å². The minimum Gasteiger partial charge on any atom is -0.206 e. The number of likely N-dealkylation sites (N-methyl/N-ethyl adjacent to an activating group) is 1. The fraction of sp³-hybridized carbons (Fsp3) is 0.273. The maximum Gasteiger partial charge on any atom is 0.252 e. The van der Waals surface area contributed by atoms with Crippen molar-refractivity contribution in [2.75, 3.05) is 13.6 Å². The standard InChI is InChI=1S/C11H13NO2S3/c1-12(7-6-10-4-2-8-15-10)17(13,14)11-5-3-9-16-11/h2-5,8-9H,6-7H2,1H3. The third-order valence-electron chi connectivity index (χ3n) is 2.41. The summed E-state index contributed by atoms with van der Waals surface area (Å²) in [7, 11) is -1.66. The summed E-state index contributed by atoms with van der Waals surface area (Å²) in [5.74, 6) is 0. The highest BCUT2D eigenvalue weighted by molar-refractivity contribution is 7.91. The van der Waals surface area contributed by atoms with Gasteiger partial charge in [-0.1, -0.05) is 12.1 Å². The van der Waals surface area contributed by atoms with Crippen molar-refractivity contribution in [2.24, 2.45) is 0 Å². The van der Waals surface area contributed by atoms with Gasteiger partial charge in [-0.2, -0.15) is 4.31 Å². The van der Waals surface area contributed by atoms with Crippen molar-refractivity contribution in [3.05, 3.63) is 39.9 Å². The molecule has 2 rings (SSSR count). The summed E-state index contributed by atoms with van der Waals surface area (Å²) in [6.07, 6.45) is 0.763. The number of thiophene rings is 2. The predicted octanol–water partition coefficient (Wildman–Crippen LogP) is 2.67. The molecule has 17 heavy (non-hydrogen) atoms. The number of rotatable bonds is 5. The second-order valence-corrected chi connectivity index (χ2v) is 7.84. The Morgan fingerprint density at radius 3 is 2.47 bits per heavy atom. The predicted molar refractivity (Wildman–Crippen MR) is 72.2 cm³/mol. The first kappa shape index (κ1) is 12.8. The lowest BCUT2D eigenvalue weighted by molar-refractivity contribution is 0.475. The second kappa shape index (κ2) is 5.30. The van der Waals surface area contributed by atoms with E-state index in [1.54, 1.807) is 35.9 Å². The van der Waals surface area contributed by atoms with Crippen LogP contribution in [0.5, 0.6) is 0 Å². The molecule has 0 unspecified atom stereocenters. The number of nitrogens with zero attached hydrogens (tertiary/aromatic N) is 1. The van der Waals surface area contributed by atoms with E-state index in [4.69, 9.17) is 0 Å². The molecule has 2 aromatic rings. The van der Waals surface area contributed by atoms with E-state index in [9.17, 15) is 8.42 Å². The highest BCUT2D eigenvalue weighted by Crippen LogP contribution is 2.20. The zero-order valence-electron chi connectivity index (χ0n) is 9.37. The van der Waals surface area contributed by atoms with Gasteiger partial charge in [0.2, 0.25) is 0 Å². The molecule has 0 aromatic carbocycles. The van der Waals surface area contributed by atoms with Crippen LogP contribution >= 0.6 is 22.7 Å². The van der Waals surface area contributed by atoms with Crippen LogP contribution in [0, 0.1) is 0 Å². The van der Waals surface area contributed by atoms with Crippen LogP contribution in [-0.4, -0.2) is 26.3 Å². The van der Waals surface area contributed by atoms with Gasteiger partial charge in [-0.25, -0.2) is 8.42 Å². The lowest BCUT2D eigenvalue weighted by Gasteiger charge is -2.15. The summed E-state index contributed by atoms with van der Waals surface area (Å²) in [5, 5.41) is 3.78. The molecule has 92 valence electrons. The molecule has 0 radical (unpaired) electrons. The minimum absolute atomic E-state index is 0.408. The molecular weight excluding hydrogens is 274 g/mol. The van der Waals surface area contributed by atoms with Crippen LogP contribution in [0.4, 0.5) is 0 Å². The van der Waals surface area contributed by atoms with E-state index in [0.717, 1.165) is 6.42 Å². The summed E-state index contributed by atoms with van der Waals surface area (Å²) >= 11 is 2.91. The number of hydrogen-bond acceptors (Lipinski definition) is 4. The van der Waals surface area contributed by atoms with Gasteiger partial charge in [-0.05, 0) is 29.3 Å². The normalized spacial score (nSPS) is 12.1. The summed E-state index contributed by atoms with van der Waals surface area (Å²) in [5.41, 5.74) is 0. The Kier molecular flexibility index (Phi) is 3.98. The molecule has 0 saturated carbocycles. The molecule has 0 atom stereocenters. The van der Waals surface area contributed by atoms with Gasteiger partial charge in [0.25, 0.3) is 10.0 Å². The molecule has 3 nitrogen and oxygen atoms in total. The van der Waals surface area contributed by atoms with E-state index in [-0.39, 0.29) is 0 Å². The van der Waals surface area contributed by atoms with Crippen LogP contribution in [0.25, 0.3) is 0 Å². The van der Waals surface area contributed by atoms with Crippen LogP contribution in [-0.2, 0) is 16.4 Å². The average molecular weight is 287 g/mol. The van der Waals surface area contributed by atoms with E-state index in [1.807, 2.05) is 17.5 Å². The van der Waals surface area contributed by atoms with Crippen LogP contribution in [0.1, 0.15) is 4.88 Å². The van der Waals surface area contributed by atoms with E-state index >= 15 is 0 Å². The maximum absolute atomic E-state index is 12.1. The zero-order valence-corrected chi connectivity index (χ0v) is 11.8. The van der Waals surface area contributed by atoms with E-state index < -0.39 is 10.0 Å². The van der Waals surface area contributed by atoms with Crippen LogP contribution in [0.15, 0.2) is 39.2 Å². The molecule has 0 amide bonds. The highest BCUT2D eigenvalue weighted by Gasteiger charge is 2.21. The first-order valence-electron chi connectivity index (χ1n) is 5.13. The van der Waals surface area contributed by atoms with Crippen LogP contribution < -0.4 is 0 Å². The Hall–Kier alpha value is -0.690. The Morgan fingerprint density at radius 1 is 1.18 bits per heavy atom. The Morgan fingerprint density at radius 2 is 1.88 bits per heavy atom. The van der Waals surface area contributed by atoms with E-state index in [0.29, 0.717) is 10.8 Å². The summed E-state index contributed by atoms with van der Waals surface area (Å²) in [6, 6.07) is 7.40. The largest absolute Gasteiger partial charge is 0.252 e. The smallest absolute Gasteiger partial charge is 0.206 e. The van der Waals surface area contributed by atoms with Gasteiger partial charge in [0, 0.05) is 18.5 Å². The summed E-state index contributed by atoms with van der Waals surface area (Å²) < 4.78 is 26.0. The highest BCUT2D eigenvalue weighted by atomic mass is 32.2. The first-order chi connectivity index (χ1) is 8.10. The topological polar surface area (TPSA) is 37.4 Å². The Balaban J connectivity index is 2.03. The molecule has 0 aliphatic heterocycles. The molecule has 2 aromatic heterocycles. The molecule has 2 heterocycles. The first-order valence-corrected chi connectivity index (χ1v) is 8.33. The van der Waals surface area contributed by atoms with Crippen LogP contribution in [0.2, 0.25) is 0 Å². The van der Waals surface area contributed by atoms with E-state index in [1.165, 1.54) is 20.5 Å². The molecular formula is C11H13NO2S3. The molecule has 6 heteroatoms. The SMILES string of the molecule is CN(CCc1cccs1)S(=O)(=O)c1cccs1. The lowest BCUT2D eigenvalue weighted by Crippen LogP contribution is -2.28. The second-order valence-electron chi connectivity index (χ2n) is 3.59. The fourth-order valence-corrected chi connectivity index (χ4v) is 4.48. The molecule has 0 bridgehead atoms. The van der Waals surface area contributed by atoms with Crippen molar-refractivity contribution in [3.8, 4) is 0 Å². The molecule has 0 spiro atoms. The molecule has 0 aliphatic carbocycles. The molecule has 0 saturated heterocycles. The Labute approximate surface area is 109 Å².